The maximum absolute atomic E-state index is 11.4. The Morgan fingerprint density at radius 2 is 2.33 bits per heavy atom. The second-order valence-corrected chi connectivity index (χ2v) is 3.91. The summed E-state index contributed by atoms with van der Waals surface area (Å²) in [6.45, 7) is 6.34. The minimum absolute atomic E-state index is 0.0416. The number of carbonyl (C=O) groups is 2. The summed E-state index contributed by atoms with van der Waals surface area (Å²) < 4.78 is 0. The van der Waals surface area contributed by atoms with Crippen LogP contribution < -0.4 is 5.32 Å². The second kappa shape index (κ2) is 4.02. The fourth-order valence-corrected chi connectivity index (χ4v) is 2.18. The first-order valence-electron chi connectivity index (χ1n) is 5.15. The van der Waals surface area contributed by atoms with Gasteiger partial charge in [0.1, 0.15) is 0 Å². The van der Waals surface area contributed by atoms with Crippen molar-refractivity contribution < 1.29 is 9.59 Å². The maximum Gasteiger partial charge on any atom is 0.324 e. The number of hydrogen-bond donors (Lipinski definition) is 1. The van der Waals surface area contributed by atoms with Crippen LogP contribution in [0.25, 0.3) is 0 Å². The fraction of sp³-hybridized carbons (Fsp3) is 0.600. The minimum atomic E-state index is -0.245. The van der Waals surface area contributed by atoms with Crippen LogP contribution in [0.5, 0.6) is 0 Å². The molecule has 2 aliphatic rings. The highest BCUT2D eigenvalue weighted by molar-refractivity contribution is 6.02. The van der Waals surface area contributed by atoms with Crippen LogP contribution >= 0.6 is 0 Å². The van der Waals surface area contributed by atoms with Crippen LogP contribution in [-0.4, -0.2) is 54.0 Å². The Morgan fingerprint density at radius 3 is 2.93 bits per heavy atom. The third-order valence-corrected chi connectivity index (χ3v) is 2.88. The summed E-state index contributed by atoms with van der Waals surface area (Å²) in [6.07, 6.45) is 2.71. The van der Waals surface area contributed by atoms with Crippen molar-refractivity contribution >= 4 is 11.9 Å². The summed E-state index contributed by atoms with van der Waals surface area (Å²) >= 11 is 0. The summed E-state index contributed by atoms with van der Waals surface area (Å²) in [6, 6.07) is -0.203. The van der Waals surface area contributed by atoms with Gasteiger partial charge in [-0.2, -0.15) is 0 Å². The molecule has 0 spiro atoms. The van der Waals surface area contributed by atoms with E-state index in [9.17, 15) is 9.59 Å². The Balaban J connectivity index is 1.98. The highest BCUT2D eigenvalue weighted by Gasteiger charge is 2.37. The summed E-state index contributed by atoms with van der Waals surface area (Å²) in [5, 5.41) is 2.54. The molecular formula is C10H15N3O2. The van der Waals surface area contributed by atoms with Gasteiger partial charge in [0.2, 0.25) is 5.91 Å². The molecule has 5 nitrogen and oxygen atoms in total. The average molecular weight is 209 g/mol. The zero-order chi connectivity index (χ0) is 10.8. The Kier molecular flexibility index (Phi) is 2.73. The molecule has 2 aliphatic heterocycles. The lowest BCUT2D eigenvalue weighted by atomic mass is 10.2. The fourth-order valence-electron chi connectivity index (χ4n) is 2.18. The van der Waals surface area contributed by atoms with Crippen LogP contribution in [0, 0.1) is 0 Å². The van der Waals surface area contributed by atoms with Crippen molar-refractivity contribution in [3.8, 4) is 0 Å². The van der Waals surface area contributed by atoms with Crippen molar-refractivity contribution in [2.75, 3.05) is 26.2 Å². The third-order valence-electron chi connectivity index (χ3n) is 2.88. The molecule has 5 heteroatoms. The number of imide groups is 1. The molecule has 1 N–H and O–H groups in total. The van der Waals surface area contributed by atoms with E-state index >= 15 is 0 Å². The summed E-state index contributed by atoms with van der Waals surface area (Å²) in [5.74, 6) is -0.106. The number of likely N-dealkylation sites (tertiary alicyclic amines) is 1. The van der Waals surface area contributed by atoms with E-state index in [1.165, 1.54) is 4.90 Å². The van der Waals surface area contributed by atoms with E-state index in [0.29, 0.717) is 0 Å². The molecule has 2 rings (SSSR count). The van der Waals surface area contributed by atoms with Crippen molar-refractivity contribution in [3.05, 3.63) is 12.7 Å². The van der Waals surface area contributed by atoms with Gasteiger partial charge in [-0.1, -0.05) is 6.08 Å². The average Bonchev–Trinajstić information content (AvgIpc) is 2.75. The van der Waals surface area contributed by atoms with Crippen molar-refractivity contribution in [2.45, 2.75) is 12.5 Å². The van der Waals surface area contributed by atoms with E-state index < -0.39 is 0 Å². The van der Waals surface area contributed by atoms with Crippen LogP contribution in [0.4, 0.5) is 4.79 Å². The topological polar surface area (TPSA) is 52.6 Å². The predicted molar refractivity (Wildman–Crippen MR) is 55.3 cm³/mol. The van der Waals surface area contributed by atoms with E-state index in [4.69, 9.17) is 0 Å². The molecular weight excluding hydrogens is 194 g/mol. The first-order chi connectivity index (χ1) is 7.22. The van der Waals surface area contributed by atoms with Gasteiger partial charge in [0.05, 0.1) is 12.6 Å². The molecule has 3 amide bonds. The van der Waals surface area contributed by atoms with Gasteiger partial charge in [-0.25, -0.2) is 4.79 Å². The zero-order valence-corrected chi connectivity index (χ0v) is 8.61. The van der Waals surface area contributed by atoms with Gasteiger partial charge in [0, 0.05) is 19.6 Å². The molecule has 0 aliphatic carbocycles. The van der Waals surface area contributed by atoms with Crippen LogP contribution in [0.15, 0.2) is 12.7 Å². The Hall–Kier alpha value is -1.36. The number of urea groups is 1. The number of hydrogen-bond acceptors (Lipinski definition) is 3. The Morgan fingerprint density at radius 1 is 1.53 bits per heavy atom. The molecule has 82 valence electrons. The van der Waals surface area contributed by atoms with Crippen molar-refractivity contribution in [1.29, 1.82) is 0 Å². The van der Waals surface area contributed by atoms with Gasteiger partial charge in [0.15, 0.2) is 0 Å². The lowest BCUT2D eigenvalue weighted by Gasteiger charge is -2.20. The van der Waals surface area contributed by atoms with Gasteiger partial charge in [0.25, 0.3) is 0 Å². The highest BCUT2D eigenvalue weighted by Crippen LogP contribution is 2.17. The first kappa shape index (κ1) is 10.2. The van der Waals surface area contributed by atoms with Gasteiger partial charge in [-0.05, 0) is 6.42 Å². The normalized spacial score (nSPS) is 27.2. The summed E-state index contributed by atoms with van der Waals surface area (Å²) in [4.78, 5) is 26.4. The number of rotatable bonds is 3. The SMILES string of the molecule is C=CCN1CCC(N2C(=O)CNC2=O)C1. The summed E-state index contributed by atoms with van der Waals surface area (Å²) in [7, 11) is 0. The van der Waals surface area contributed by atoms with Crippen LogP contribution in [0.3, 0.4) is 0 Å². The van der Waals surface area contributed by atoms with E-state index in [1.807, 2.05) is 6.08 Å². The molecule has 0 saturated carbocycles. The Bertz CT molecular complexity index is 287. The molecule has 2 fully saturated rings. The van der Waals surface area contributed by atoms with Crippen molar-refractivity contribution in [1.82, 2.24) is 15.1 Å². The third kappa shape index (κ3) is 1.87. The van der Waals surface area contributed by atoms with E-state index in [1.54, 1.807) is 0 Å². The van der Waals surface area contributed by atoms with Crippen molar-refractivity contribution in [3.63, 3.8) is 0 Å². The second-order valence-electron chi connectivity index (χ2n) is 3.91. The lowest BCUT2D eigenvalue weighted by molar-refractivity contribution is -0.126. The number of nitrogens with one attached hydrogen (secondary N) is 1. The number of nitrogens with zero attached hydrogens (tertiary/aromatic N) is 2. The molecule has 0 aromatic carbocycles. The van der Waals surface area contributed by atoms with Crippen LogP contribution in [0.2, 0.25) is 0 Å². The van der Waals surface area contributed by atoms with Gasteiger partial charge < -0.3 is 5.32 Å². The van der Waals surface area contributed by atoms with Crippen LogP contribution in [0.1, 0.15) is 6.42 Å². The standard InChI is InChI=1S/C10H15N3O2/c1-2-4-12-5-3-8(7-12)13-9(14)6-11-10(13)15/h2,8H,1,3-7H2,(H,11,15). The molecule has 0 aromatic heterocycles. The smallest absolute Gasteiger partial charge is 0.324 e. The number of carbonyl (C=O) groups excluding carboxylic acids is 2. The lowest BCUT2D eigenvalue weighted by Crippen LogP contribution is -2.42. The van der Waals surface area contributed by atoms with E-state index in [-0.39, 0.29) is 24.5 Å². The molecule has 0 radical (unpaired) electrons. The first-order valence-corrected chi connectivity index (χ1v) is 5.15. The van der Waals surface area contributed by atoms with Crippen molar-refractivity contribution in [2.24, 2.45) is 0 Å². The molecule has 1 unspecified atom stereocenters. The number of amides is 3. The predicted octanol–water partition coefficient (Wildman–Crippen LogP) is -0.201. The molecule has 1 atom stereocenters. The largest absolute Gasteiger partial charge is 0.329 e. The monoisotopic (exact) mass is 209 g/mol. The van der Waals surface area contributed by atoms with E-state index in [2.05, 4.69) is 16.8 Å². The van der Waals surface area contributed by atoms with Gasteiger partial charge in [-0.15, -0.1) is 6.58 Å². The molecule has 2 heterocycles. The molecule has 15 heavy (non-hydrogen) atoms. The summed E-state index contributed by atoms with van der Waals surface area (Å²) in [5.41, 5.74) is 0. The van der Waals surface area contributed by atoms with Gasteiger partial charge in [-0.3, -0.25) is 14.6 Å². The van der Waals surface area contributed by atoms with E-state index in [0.717, 1.165) is 26.1 Å². The minimum Gasteiger partial charge on any atom is -0.329 e. The zero-order valence-electron chi connectivity index (χ0n) is 8.61. The molecule has 0 bridgehead atoms. The highest BCUT2D eigenvalue weighted by atomic mass is 16.2. The Labute approximate surface area is 88.7 Å². The molecule has 2 saturated heterocycles. The van der Waals surface area contributed by atoms with Crippen LogP contribution in [-0.2, 0) is 4.79 Å². The van der Waals surface area contributed by atoms with Gasteiger partial charge >= 0.3 is 6.03 Å². The molecule has 0 aromatic rings. The maximum atomic E-state index is 11.4. The quantitative estimate of drug-likeness (QED) is 0.517.